The Hall–Kier alpha value is -2.90. The fourth-order valence-corrected chi connectivity index (χ4v) is 3.04. The first-order valence-electron chi connectivity index (χ1n) is 9.29. The van der Waals surface area contributed by atoms with Gasteiger partial charge in [-0.3, -0.25) is 19.2 Å². The minimum absolute atomic E-state index is 0.101. The Morgan fingerprint density at radius 2 is 1.79 bits per heavy atom. The smallest absolute Gasteiger partial charge is 0.306 e. The quantitative estimate of drug-likeness (QED) is 0.749. The molecule has 2 N–H and O–H groups in total. The predicted octanol–water partition coefficient (Wildman–Crippen LogP) is 0.815. The monoisotopic (exact) mass is 389 g/mol. The number of benzene rings is 1. The predicted molar refractivity (Wildman–Crippen MR) is 103 cm³/mol. The van der Waals surface area contributed by atoms with Crippen molar-refractivity contribution in [3.63, 3.8) is 0 Å². The Morgan fingerprint density at radius 3 is 2.36 bits per heavy atom. The molecular formula is C20H27N3O5. The van der Waals surface area contributed by atoms with Crippen LogP contribution in [0.5, 0.6) is 0 Å². The summed E-state index contributed by atoms with van der Waals surface area (Å²) < 4.78 is 0. The van der Waals surface area contributed by atoms with Crippen LogP contribution in [0.4, 0.5) is 0 Å². The van der Waals surface area contributed by atoms with E-state index < -0.39 is 11.9 Å². The summed E-state index contributed by atoms with van der Waals surface area (Å²) in [6, 6.07) is 5.32. The molecule has 1 fully saturated rings. The van der Waals surface area contributed by atoms with E-state index in [2.05, 4.69) is 5.32 Å². The molecule has 152 valence electrons. The van der Waals surface area contributed by atoms with Crippen molar-refractivity contribution < 1.29 is 24.3 Å². The summed E-state index contributed by atoms with van der Waals surface area (Å²) in [5, 5.41) is 11.6. The first-order valence-corrected chi connectivity index (χ1v) is 9.29. The molecular weight excluding hydrogens is 362 g/mol. The average Bonchev–Trinajstić information content (AvgIpc) is 2.67. The van der Waals surface area contributed by atoms with Crippen LogP contribution in [0.2, 0.25) is 0 Å². The number of hydrogen-bond acceptors (Lipinski definition) is 4. The van der Waals surface area contributed by atoms with E-state index in [1.165, 1.54) is 11.9 Å². The molecule has 2 rings (SSSR count). The van der Waals surface area contributed by atoms with E-state index in [4.69, 9.17) is 5.11 Å². The first-order chi connectivity index (χ1) is 13.2. The third kappa shape index (κ3) is 5.55. The maximum absolute atomic E-state index is 12.3. The molecule has 1 heterocycles. The second kappa shape index (κ2) is 9.34. The fraction of sp³-hybridized carbons (Fsp3) is 0.500. The molecule has 8 nitrogen and oxygen atoms in total. The van der Waals surface area contributed by atoms with Gasteiger partial charge in [0.25, 0.3) is 5.91 Å². The molecule has 1 aromatic carbocycles. The molecule has 0 aliphatic carbocycles. The SMILES string of the molecule is Cc1ccc(C(=O)NCC(=O)N(C)CC(=O)N2CCC(C(=O)O)CC2)cc1C. The van der Waals surface area contributed by atoms with Crippen LogP contribution in [0.3, 0.4) is 0 Å². The van der Waals surface area contributed by atoms with Gasteiger partial charge in [0, 0.05) is 25.7 Å². The maximum atomic E-state index is 12.3. The number of carbonyl (C=O) groups excluding carboxylic acids is 3. The Bertz CT molecular complexity index is 769. The lowest BCUT2D eigenvalue weighted by atomic mass is 9.97. The highest BCUT2D eigenvalue weighted by atomic mass is 16.4. The molecule has 1 aliphatic rings. The highest BCUT2D eigenvalue weighted by Crippen LogP contribution is 2.17. The van der Waals surface area contributed by atoms with E-state index in [0.717, 1.165) is 11.1 Å². The third-order valence-electron chi connectivity index (χ3n) is 5.16. The number of likely N-dealkylation sites (tertiary alicyclic amines) is 1. The van der Waals surface area contributed by atoms with Crippen molar-refractivity contribution in [2.75, 3.05) is 33.2 Å². The van der Waals surface area contributed by atoms with Gasteiger partial charge in [-0.05, 0) is 49.9 Å². The summed E-state index contributed by atoms with van der Waals surface area (Å²) in [7, 11) is 1.51. The fourth-order valence-electron chi connectivity index (χ4n) is 3.04. The van der Waals surface area contributed by atoms with Crippen LogP contribution in [-0.4, -0.2) is 71.8 Å². The number of likely N-dealkylation sites (N-methyl/N-ethyl adjacent to an activating group) is 1. The number of nitrogens with one attached hydrogen (secondary N) is 1. The third-order valence-corrected chi connectivity index (χ3v) is 5.16. The van der Waals surface area contributed by atoms with Crippen LogP contribution >= 0.6 is 0 Å². The molecule has 0 saturated carbocycles. The van der Waals surface area contributed by atoms with Gasteiger partial charge in [-0.2, -0.15) is 0 Å². The van der Waals surface area contributed by atoms with Gasteiger partial charge in [0.2, 0.25) is 11.8 Å². The highest BCUT2D eigenvalue weighted by molar-refractivity contribution is 5.97. The van der Waals surface area contributed by atoms with Crippen molar-refractivity contribution in [3.8, 4) is 0 Å². The van der Waals surface area contributed by atoms with Crippen molar-refractivity contribution in [3.05, 3.63) is 34.9 Å². The number of carboxylic acid groups (broad SMARTS) is 1. The lowest BCUT2D eigenvalue weighted by Crippen LogP contribution is -2.47. The molecule has 0 radical (unpaired) electrons. The second-order valence-corrected chi connectivity index (χ2v) is 7.22. The Kier molecular flexibility index (Phi) is 7.14. The van der Waals surface area contributed by atoms with Crippen molar-refractivity contribution in [1.29, 1.82) is 0 Å². The number of carbonyl (C=O) groups is 4. The van der Waals surface area contributed by atoms with E-state index in [-0.39, 0.29) is 30.8 Å². The van der Waals surface area contributed by atoms with Gasteiger partial charge in [0.05, 0.1) is 19.0 Å². The lowest BCUT2D eigenvalue weighted by molar-refractivity contribution is -0.146. The summed E-state index contributed by atoms with van der Waals surface area (Å²) in [6.07, 6.45) is 0.843. The number of amides is 3. The van der Waals surface area contributed by atoms with Crippen LogP contribution in [0.15, 0.2) is 18.2 Å². The van der Waals surface area contributed by atoms with E-state index >= 15 is 0 Å². The van der Waals surface area contributed by atoms with Gasteiger partial charge in [0.15, 0.2) is 0 Å². The van der Waals surface area contributed by atoms with Crippen LogP contribution in [-0.2, 0) is 14.4 Å². The summed E-state index contributed by atoms with van der Waals surface area (Å²) in [5.74, 6) is -2.18. The molecule has 8 heteroatoms. The zero-order chi connectivity index (χ0) is 20.8. The molecule has 0 aromatic heterocycles. The number of piperidine rings is 1. The number of nitrogens with zero attached hydrogens (tertiary/aromatic N) is 2. The van der Waals surface area contributed by atoms with Crippen LogP contribution in [0, 0.1) is 19.8 Å². The number of aryl methyl sites for hydroxylation is 2. The van der Waals surface area contributed by atoms with Crippen molar-refractivity contribution in [1.82, 2.24) is 15.1 Å². The van der Waals surface area contributed by atoms with Crippen LogP contribution < -0.4 is 5.32 Å². The Morgan fingerprint density at radius 1 is 1.14 bits per heavy atom. The largest absolute Gasteiger partial charge is 0.481 e. The van der Waals surface area contributed by atoms with Crippen molar-refractivity contribution in [2.24, 2.45) is 5.92 Å². The number of rotatable bonds is 6. The van der Waals surface area contributed by atoms with Gasteiger partial charge in [0.1, 0.15) is 0 Å². The molecule has 0 atom stereocenters. The minimum Gasteiger partial charge on any atom is -0.481 e. The minimum atomic E-state index is -0.834. The summed E-state index contributed by atoms with van der Waals surface area (Å²) >= 11 is 0. The molecule has 1 aliphatic heterocycles. The van der Waals surface area contributed by atoms with Crippen molar-refractivity contribution >= 4 is 23.7 Å². The lowest BCUT2D eigenvalue weighted by Gasteiger charge is -2.31. The molecule has 1 aromatic rings. The average molecular weight is 389 g/mol. The van der Waals surface area contributed by atoms with E-state index in [1.807, 2.05) is 19.9 Å². The first kappa shape index (κ1) is 21.4. The van der Waals surface area contributed by atoms with E-state index in [1.54, 1.807) is 17.0 Å². The second-order valence-electron chi connectivity index (χ2n) is 7.22. The molecule has 28 heavy (non-hydrogen) atoms. The maximum Gasteiger partial charge on any atom is 0.306 e. The molecule has 3 amide bonds. The van der Waals surface area contributed by atoms with E-state index in [0.29, 0.717) is 31.5 Å². The number of hydrogen-bond donors (Lipinski definition) is 2. The summed E-state index contributed by atoms with van der Waals surface area (Å²) in [6.45, 7) is 4.32. The van der Waals surface area contributed by atoms with Gasteiger partial charge >= 0.3 is 5.97 Å². The molecule has 0 bridgehead atoms. The van der Waals surface area contributed by atoms with Gasteiger partial charge in [-0.25, -0.2) is 0 Å². The zero-order valence-electron chi connectivity index (χ0n) is 16.5. The van der Waals surface area contributed by atoms with Crippen molar-refractivity contribution in [2.45, 2.75) is 26.7 Å². The van der Waals surface area contributed by atoms with Crippen LogP contribution in [0.1, 0.15) is 34.3 Å². The van der Waals surface area contributed by atoms with Gasteiger partial charge in [-0.15, -0.1) is 0 Å². The van der Waals surface area contributed by atoms with Gasteiger partial charge < -0.3 is 20.2 Å². The topological polar surface area (TPSA) is 107 Å². The van der Waals surface area contributed by atoms with Gasteiger partial charge in [-0.1, -0.05) is 6.07 Å². The summed E-state index contributed by atoms with van der Waals surface area (Å²) in [5.41, 5.74) is 2.56. The standard InChI is InChI=1S/C20H27N3O5/c1-13-4-5-16(10-14(13)2)19(26)21-11-17(24)22(3)12-18(25)23-8-6-15(7-9-23)20(27)28/h4-5,10,15H,6-9,11-12H2,1-3H3,(H,21,26)(H,27,28). The molecule has 1 saturated heterocycles. The molecule has 0 unspecified atom stereocenters. The van der Waals surface area contributed by atoms with Crippen LogP contribution in [0.25, 0.3) is 0 Å². The number of carboxylic acids is 1. The normalized spacial score (nSPS) is 14.5. The summed E-state index contributed by atoms with van der Waals surface area (Å²) in [4.78, 5) is 50.5. The number of aliphatic carboxylic acids is 1. The highest BCUT2D eigenvalue weighted by Gasteiger charge is 2.27. The van der Waals surface area contributed by atoms with E-state index in [9.17, 15) is 19.2 Å². The molecule has 0 spiro atoms. The zero-order valence-corrected chi connectivity index (χ0v) is 16.5. The Balaban J connectivity index is 1.79. The Labute approximate surface area is 164 Å².